The maximum atomic E-state index is 14.4. The van der Waals surface area contributed by atoms with Gasteiger partial charge in [-0.3, -0.25) is 14.4 Å². The van der Waals surface area contributed by atoms with E-state index in [4.69, 9.17) is 9.57 Å². The second-order valence-corrected chi connectivity index (χ2v) is 19.4. The molecule has 7 fully saturated rings. The molecule has 7 rings (SSSR count). The molecule has 0 radical (unpaired) electrons. The molecule has 0 spiro atoms. The molecule has 1 heterocycles. The smallest absolute Gasteiger partial charge is 0.240 e. The van der Waals surface area contributed by atoms with Crippen molar-refractivity contribution < 1.29 is 29.4 Å². The number of aliphatic hydroxyl groups excluding tert-OH is 2. The molecule has 6 aliphatic carbocycles. The molecule has 0 aromatic carbocycles. The third kappa shape index (κ3) is 8.98. The lowest BCUT2D eigenvalue weighted by Gasteiger charge is -2.62. The van der Waals surface area contributed by atoms with Crippen LogP contribution in [0.3, 0.4) is 0 Å². The van der Waals surface area contributed by atoms with E-state index >= 15 is 0 Å². The number of fused-ring (bicyclic) bond motifs is 2. The number of carbonyl (C=O) groups excluding carboxylic acids is 2. The predicted molar refractivity (Wildman–Crippen MR) is 207 cm³/mol. The van der Waals surface area contributed by atoms with E-state index in [9.17, 15) is 19.8 Å². The molecule has 53 heavy (non-hydrogen) atoms. The first-order valence-electron chi connectivity index (χ1n) is 21.9. The molecular weight excluding hydrogens is 668 g/mol. The quantitative estimate of drug-likeness (QED) is 0.187. The molecule has 0 aromatic heterocycles. The summed E-state index contributed by atoms with van der Waals surface area (Å²) in [5, 5.41) is 30.1. The molecule has 6 unspecified atom stereocenters. The Morgan fingerprint density at radius 3 is 2.40 bits per heavy atom. The van der Waals surface area contributed by atoms with E-state index in [0.29, 0.717) is 54.2 Å². The van der Waals surface area contributed by atoms with Gasteiger partial charge in [-0.1, -0.05) is 59.3 Å². The third-order valence-corrected chi connectivity index (χ3v) is 15.8. The van der Waals surface area contributed by atoms with Crippen molar-refractivity contribution in [3.8, 4) is 0 Å². The van der Waals surface area contributed by atoms with Crippen molar-refractivity contribution >= 4 is 11.8 Å². The summed E-state index contributed by atoms with van der Waals surface area (Å²) in [6, 6.07) is -0.244. The Morgan fingerprint density at radius 2 is 1.75 bits per heavy atom. The normalized spacial score (nSPS) is 41.1. The Labute approximate surface area is 321 Å². The summed E-state index contributed by atoms with van der Waals surface area (Å²) < 4.78 is 6.69. The van der Waals surface area contributed by atoms with E-state index in [1.165, 1.54) is 38.5 Å². The number of rotatable bonds is 14. The highest BCUT2D eigenvalue weighted by atomic mass is 16.7. The number of carbonyl (C=O) groups is 2. The minimum atomic E-state index is -0.818. The first-order valence-corrected chi connectivity index (χ1v) is 21.9. The predicted octanol–water partition coefficient (Wildman–Crippen LogP) is 5.40. The molecule has 2 bridgehead atoms. The SMILES string of the molecule is CCOC1C(CN2O[C@@H](CO)[C@H]([C@H](C)O)[C@H]2C(=O)N[C@H]2C[C@H]3C[C@@H]([C@@H]2C)C3(C)C)CCCC1C1CC(C(=O)NCCC2CCCCC2)CC(N(C)C)C1. The molecule has 7 aliphatic rings. The maximum absolute atomic E-state index is 14.4. The Bertz CT molecular complexity index is 1210. The second-order valence-electron chi connectivity index (χ2n) is 19.4. The van der Waals surface area contributed by atoms with Crippen molar-refractivity contribution in [2.45, 2.75) is 161 Å². The van der Waals surface area contributed by atoms with E-state index in [-0.39, 0.29) is 42.4 Å². The first kappa shape index (κ1) is 41.3. The van der Waals surface area contributed by atoms with Crippen LogP contribution in [-0.4, -0.2) is 109 Å². The van der Waals surface area contributed by atoms with Gasteiger partial charge >= 0.3 is 0 Å². The number of ether oxygens (including phenoxy) is 1. The molecule has 14 atom stereocenters. The van der Waals surface area contributed by atoms with Gasteiger partial charge in [-0.25, -0.2) is 0 Å². The lowest BCUT2D eigenvalue weighted by atomic mass is 9.45. The van der Waals surface area contributed by atoms with Gasteiger partial charge in [0.1, 0.15) is 12.1 Å². The topological polar surface area (TPSA) is 124 Å². The molecule has 10 heteroatoms. The molecule has 1 aliphatic heterocycles. The van der Waals surface area contributed by atoms with E-state index in [2.05, 4.69) is 57.3 Å². The van der Waals surface area contributed by atoms with E-state index in [0.717, 1.165) is 63.8 Å². The first-order chi connectivity index (χ1) is 25.3. The Balaban J connectivity index is 1.15. The van der Waals surface area contributed by atoms with Gasteiger partial charge < -0.3 is 30.5 Å². The van der Waals surface area contributed by atoms with Gasteiger partial charge in [-0.2, -0.15) is 5.06 Å². The van der Waals surface area contributed by atoms with Crippen molar-refractivity contribution in [2.75, 3.05) is 40.4 Å². The molecule has 6 saturated carbocycles. The van der Waals surface area contributed by atoms with E-state index < -0.39 is 24.2 Å². The summed E-state index contributed by atoms with van der Waals surface area (Å²) in [6.07, 6.45) is 14.4. The standard InChI is InChI=1S/C43H76N4O6/c1-8-52-40-29(15-12-16-34(40)30-19-31(21-33(20-30)46(6)7)41(50)44-18-17-28-13-10-9-11-14-28)24-47-39(38(27(3)49)37(25-48)53-47)42(51)45-36-23-32-22-35(26(36)2)43(32,4)5/h26-40,48-49H,8-25H2,1-7H3,(H,44,50)(H,45,51)/t26-,27-,29?,30?,31?,32+,33?,34?,35-,36-,37-,38-,39-,40?/m0/s1. The number of nitrogens with zero attached hydrogens (tertiary/aromatic N) is 2. The van der Waals surface area contributed by atoms with E-state index in [1.54, 1.807) is 6.92 Å². The fourth-order valence-electron chi connectivity index (χ4n) is 12.5. The van der Waals surface area contributed by atoms with E-state index in [1.807, 2.05) is 5.06 Å². The van der Waals surface area contributed by atoms with Crippen LogP contribution >= 0.6 is 0 Å². The van der Waals surface area contributed by atoms with Crippen molar-refractivity contribution in [1.29, 1.82) is 0 Å². The maximum Gasteiger partial charge on any atom is 0.240 e. The number of hydroxylamine groups is 2. The van der Waals surface area contributed by atoms with Crippen LogP contribution in [0.15, 0.2) is 0 Å². The van der Waals surface area contributed by atoms with Gasteiger partial charge in [0.2, 0.25) is 11.8 Å². The van der Waals surface area contributed by atoms with Crippen molar-refractivity contribution in [1.82, 2.24) is 20.6 Å². The van der Waals surface area contributed by atoms with Gasteiger partial charge in [0, 0.05) is 49.5 Å². The molecule has 304 valence electrons. The van der Waals surface area contributed by atoms with Crippen LogP contribution in [0.5, 0.6) is 0 Å². The minimum Gasteiger partial charge on any atom is -0.394 e. The Morgan fingerprint density at radius 1 is 1.00 bits per heavy atom. The third-order valence-electron chi connectivity index (χ3n) is 15.8. The Kier molecular flexibility index (Phi) is 13.9. The van der Waals surface area contributed by atoms with Gasteiger partial charge in [-0.05, 0) is 120 Å². The highest BCUT2D eigenvalue weighted by Gasteiger charge is 2.58. The number of aliphatic hydroxyl groups is 2. The molecular formula is C43H76N4O6. The van der Waals surface area contributed by atoms with Crippen molar-refractivity contribution in [2.24, 2.45) is 58.7 Å². The van der Waals surface area contributed by atoms with Crippen LogP contribution in [0.2, 0.25) is 0 Å². The van der Waals surface area contributed by atoms with Gasteiger partial charge in [0.15, 0.2) is 0 Å². The molecule has 4 N–H and O–H groups in total. The lowest BCUT2D eigenvalue weighted by molar-refractivity contribution is -0.194. The summed E-state index contributed by atoms with van der Waals surface area (Å²) >= 11 is 0. The van der Waals surface area contributed by atoms with Crippen molar-refractivity contribution in [3.05, 3.63) is 0 Å². The largest absolute Gasteiger partial charge is 0.394 e. The zero-order valence-electron chi connectivity index (χ0n) is 34.3. The monoisotopic (exact) mass is 745 g/mol. The average molecular weight is 745 g/mol. The lowest BCUT2D eigenvalue weighted by Crippen LogP contribution is -2.62. The number of nitrogens with one attached hydrogen (secondary N) is 2. The van der Waals surface area contributed by atoms with Gasteiger partial charge in [-0.15, -0.1) is 0 Å². The number of hydrogen-bond acceptors (Lipinski definition) is 8. The highest BCUT2D eigenvalue weighted by molar-refractivity contribution is 5.83. The highest BCUT2D eigenvalue weighted by Crippen LogP contribution is 2.61. The minimum absolute atomic E-state index is 0.000976. The van der Waals surface area contributed by atoms with Crippen LogP contribution < -0.4 is 10.6 Å². The zero-order valence-corrected chi connectivity index (χ0v) is 34.3. The summed E-state index contributed by atoms with van der Waals surface area (Å²) in [6.45, 7) is 12.5. The summed E-state index contributed by atoms with van der Waals surface area (Å²) in [7, 11) is 4.30. The van der Waals surface area contributed by atoms with Gasteiger partial charge in [0.05, 0.1) is 18.8 Å². The van der Waals surface area contributed by atoms with Crippen LogP contribution in [0, 0.1) is 58.7 Å². The van der Waals surface area contributed by atoms with Crippen LogP contribution in [0.1, 0.15) is 125 Å². The number of amides is 2. The molecule has 1 saturated heterocycles. The second kappa shape index (κ2) is 17.9. The Hall–Kier alpha value is -1.30. The molecule has 10 nitrogen and oxygen atoms in total. The summed E-state index contributed by atoms with van der Waals surface area (Å²) in [4.78, 5) is 36.8. The number of hydrogen-bond donors (Lipinski definition) is 4. The fourth-order valence-corrected chi connectivity index (χ4v) is 12.5. The molecule has 0 aromatic rings. The van der Waals surface area contributed by atoms with Crippen LogP contribution in [0.25, 0.3) is 0 Å². The van der Waals surface area contributed by atoms with Crippen LogP contribution in [0.4, 0.5) is 0 Å². The van der Waals surface area contributed by atoms with Crippen molar-refractivity contribution in [3.63, 3.8) is 0 Å². The van der Waals surface area contributed by atoms with Gasteiger partial charge in [0.25, 0.3) is 0 Å². The molecule has 2 amide bonds. The summed E-state index contributed by atoms with van der Waals surface area (Å²) in [5.74, 6) is 2.76. The average Bonchev–Trinajstić information content (AvgIpc) is 3.51. The van der Waals surface area contributed by atoms with Crippen LogP contribution in [-0.2, 0) is 19.2 Å². The summed E-state index contributed by atoms with van der Waals surface area (Å²) in [5.41, 5.74) is 0.322. The zero-order chi connectivity index (χ0) is 38.0. The fraction of sp³-hybridized carbons (Fsp3) is 0.953.